The van der Waals surface area contributed by atoms with Gasteiger partial charge < -0.3 is 0 Å². The molecule has 0 spiro atoms. The van der Waals surface area contributed by atoms with Crippen LogP contribution in [0.3, 0.4) is 0 Å². The number of hydrogen-bond acceptors (Lipinski definition) is 0. The van der Waals surface area contributed by atoms with Gasteiger partial charge in [0.25, 0.3) is 0 Å². The minimum atomic E-state index is 0.556. The van der Waals surface area contributed by atoms with Gasteiger partial charge in [-0.3, -0.25) is 6.08 Å². The minimum absolute atomic E-state index is 0.556. The Labute approximate surface area is 158 Å². The van der Waals surface area contributed by atoms with E-state index in [1.807, 2.05) is 6.07 Å². The Hall–Kier alpha value is -1.50. The van der Waals surface area contributed by atoms with Crippen LogP contribution in [-0.2, 0) is 26.4 Å². The molecule has 2 aliphatic rings. The second-order valence-corrected chi connectivity index (χ2v) is 7.93. The molecule has 0 aliphatic heterocycles. The summed E-state index contributed by atoms with van der Waals surface area (Å²) in [6, 6.07) is 18.1. The zero-order valence-electron chi connectivity index (χ0n) is 15.0. The maximum Gasteiger partial charge on any atom is -0.0253 e. The van der Waals surface area contributed by atoms with Gasteiger partial charge in [0.2, 0.25) is 0 Å². The number of allylic oxidation sites excluding steroid dienone is 4. The van der Waals surface area contributed by atoms with Gasteiger partial charge in [0.05, 0.1) is 0 Å². The molecule has 1 atom stereocenters. The Morgan fingerprint density at radius 1 is 1.08 bits per heavy atom. The summed E-state index contributed by atoms with van der Waals surface area (Å²) >= 11 is 2.08. The van der Waals surface area contributed by atoms with Gasteiger partial charge in [0.1, 0.15) is 0 Å². The van der Waals surface area contributed by atoms with Crippen LogP contribution in [-0.4, -0.2) is 3.81 Å². The summed E-state index contributed by atoms with van der Waals surface area (Å²) in [4.78, 5) is 0. The number of hydrogen-bond donors (Lipinski definition) is 0. The summed E-state index contributed by atoms with van der Waals surface area (Å²) in [6.45, 7) is 8.37. The molecule has 0 radical (unpaired) electrons. The molecule has 2 aliphatic carbocycles. The van der Waals surface area contributed by atoms with Crippen molar-refractivity contribution in [2.45, 2.75) is 34.1 Å². The second kappa shape index (κ2) is 9.11. The van der Waals surface area contributed by atoms with Crippen molar-refractivity contribution in [1.82, 2.24) is 0 Å². The van der Waals surface area contributed by atoms with Crippen LogP contribution in [0.25, 0.3) is 11.1 Å². The number of fused-ring (bicyclic) bond motifs is 3. The molecule has 0 saturated heterocycles. The summed E-state index contributed by atoms with van der Waals surface area (Å²) in [5.41, 5.74) is 6.78. The quantitative estimate of drug-likeness (QED) is 0.359. The molecular weight excluding hydrogens is 324 g/mol. The molecule has 0 amide bonds. The Balaban J connectivity index is 0.000000160. The number of benzene rings is 2. The molecule has 0 saturated carbocycles. The molecule has 0 fully saturated rings. The van der Waals surface area contributed by atoms with E-state index in [2.05, 4.69) is 108 Å². The molecule has 0 bridgehead atoms. The fourth-order valence-electron chi connectivity index (χ4n) is 2.74. The van der Waals surface area contributed by atoms with Crippen LogP contribution in [0.2, 0.25) is 0 Å². The fraction of sp³-hybridized carbons (Fsp3) is 0.261. The van der Waals surface area contributed by atoms with Crippen molar-refractivity contribution in [1.29, 1.82) is 0 Å². The van der Waals surface area contributed by atoms with Gasteiger partial charge in [-0.05, 0) is 6.42 Å². The predicted molar refractivity (Wildman–Crippen MR) is 101 cm³/mol. The van der Waals surface area contributed by atoms with Crippen LogP contribution < -0.4 is 0 Å². The SMILES string of the molecule is CC1=[C-]C(C)C=C1.C[C](C)=[Ti+2].[c-]1cccc2c1Cc1ccccc1-2. The largest absolute Gasteiger partial charge is 0.179 e. The van der Waals surface area contributed by atoms with E-state index in [0.717, 1.165) is 6.42 Å². The van der Waals surface area contributed by atoms with Crippen LogP contribution in [0.4, 0.5) is 0 Å². The molecule has 4 rings (SSSR count). The van der Waals surface area contributed by atoms with Crippen molar-refractivity contribution in [3.63, 3.8) is 0 Å². The molecule has 0 N–H and O–H groups in total. The smallest absolute Gasteiger partial charge is 0.0253 e. The van der Waals surface area contributed by atoms with E-state index in [9.17, 15) is 0 Å². The van der Waals surface area contributed by atoms with Crippen molar-refractivity contribution >= 4 is 3.81 Å². The zero-order valence-corrected chi connectivity index (χ0v) is 16.5. The third-order valence-corrected chi connectivity index (χ3v) is 3.71. The average molecular weight is 348 g/mol. The standard InChI is InChI=1S/C13H9.C7H9.C3H6.Ti/c1-3-7-12-10(5-1)9-11-6-2-4-8-13(11)12;1-6-3-4-7(2)5-6;1-3-2;/h1-5,7-8H,9H2;3-4,6H,1-2H3;1-2H3;/q2*-1;;+2. The number of rotatable bonds is 0. The Kier molecular flexibility index (Phi) is 7.15. The van der Waals surface area contributed by atoms with Crippen molar-refractivity contribution in [2.24, 2.45) is 5.92 Å². The minimum Gasteiger partial charge on any atom is -0.179 e. The fourth-order valence-corrected chi connectivity index (χ4v) is 2.74. The van der Waals surface area contributed by atoms with Crippen LogP contribution >= 0.6 is 0 Å². The normalized spacial score (nSPS) is 16.1. The van der Waals surface area contributed by atoms with Crippen LogP contribution in [0.15, 0.2) is 60.2 Å². The van der Waals surface area contributed by atoms with Gasteiger partial charge >= 0.3 is 37.6 Å². The summed E-state index contributed by atoms with van der Waals surface area (Å²) < 4.78 is 1.42. The molecule has 2 aromatic carbocycles. The Morgan fingerprint density at radius 3 is 2.33 bits per heavy atom. The molecular formula is C23H24Ti. The van der Waals surface area contributed by atoms with Gasteiger partial charge in [-0.15, -0.1) is 5.56 Å². The van der Waals surface area contributed by atoms with E-state index in [-0.39, 0.29) is 0 Å². The molecule has 0 heterocycles. The summed E-state index contributed by atoms with van der Waals surface area (Å²) in [6.07, 6.45) is 8.52. The van der Waals surface area contributed by atoms with Crippen LogP contribution in [0, 0.1) is 18.1 Å². The molecule has 0 aromatic heterocycles. The van der Waals surface area contributed by atoms with Gasteiger partial charge in [0.15, 0.2) is 0 Å². The monoisotopic (exact) mass is 348 g/mol. The summed E-state index contributed by atoms with van der Waals surface area (Å²) in [5.74, 6) is 0.556. The van der Waals surface area contributed by atoms with E-state index in [1.165, 1.54) is 31.6 Å². The van der Waals surface area contributed by atoms with E-state index >= 15 is 0 Å². The van der Waals surface area contributed by atoms with E-state index in [0.29, 0.717) is 5.92 Å². The first-order chi connectivity index (χ1) is 11.5. The third kappa shape index (κ3) is 5.55. The Morgan fingerprint density at radius 2 is 1.75 bits per heavy atom. The summed E-state index contributed by atoms with van der Waals surface area (Å²) in [5, 5.41) is 0. The van der Waals surface area contributed by atoms with Crippen molar-refractivity contribution in [3.05, 3.63) is 83.5 Å². The maximum atomic E-state index is 3.30. The molecule has 0 nitrogen and oxygen atoms in total. The first kappa shape index (κ1) is 18.8. The maximum absolute atomic E-state index is 3.30. The molecule has 24 heavy (non-hydrogen) atoms. The van der Waals surface area contributed by atoms with E-state index in [1.54, 1.807) is 0 Å². The molecule has 1 heteroatoms. The summed E-state index contributed by atoms with van der Waals surface area (Å²) in [7, 11) is 0. The zero-order chi connectivity index (χ0) is 17.5. The second-order valence-electron chi connectivity index (χ2n) is 6.37. The topological polar surface area (TPSA) is 0 Å². The van der Waals surface area contributed by atoms with E-state index in [4.69, 9.17) is 0 Å². The first-order valence-electron chi connectivity index (χ1n) is 8.35. The van der Waals surface area contributed by atoms with Crippen LogP contribution in [0.1, 0.15) is 38.8 Å². The van der Waals surface area contributed by atoms with Crippen molar-refractivity contribution < 1.29 is 20.0 Å². The van der Waals surface area contributed by atoms with Crippen molar-refractivity contribution in [3.8, 4) is 11.1 Å². The van der Waals surface area contributed by atoms with Gasteiger partial charge in [-0.25, -0.2) is 11.6 Å². The van der Waals surface area contributed by atoms with Crippen molar-refractivity contribution in [2.75, 3.05) is 0 Å². The predicted octanol–water partition coefficient (Wildman–Crippen LogP) is 5.75. The van der Waals surface area contributed by atoms with Gasteiger partial charge in [-0.2, -0.15) is 35.9 Å². The van der Waals surface area contributed by atoms with E-state index < -0.39 is 0 Å². The average Bonchev–Trinajstić information content (AvgIpc) is 3.10. The molecule has 1 unspecified atom stereocenters. The molecule has 120 valence electrons. The first-order valence-corrected chi connectivity index (χ1v) is 9.13. The third-order valence-electron chi connectivity index (χ3n) is 3.71. The Bertz CT molecular complexity index is 718. The molecule has 2 aromatic rings. The van der Waals surface area contributed by atoms with Gasteiger partial charge in [0, 0.05) is 0 Å². The van der Waals surface area contributed by atoms with Gasteiger partial charge in [-0.1, -0.05) is 55.2 Å². The van der Waals surface area contributed by atoms with Crippen LogP contribution in [0.5, 0.6) is 0 Å².